The van der Waals surface area contributed by atoms with Gasteiger partial charge in [0.05, 0.1) is 13.2 Å². The maximum Gasteiger partial charge on any atom is 0.380 e. The lowest BCUT2D eigenvalue weighted by Gasteiger charge is -2.31. The molecule has 0 spiro atoms. The van der Waals surface area contributed by atoms with Crippen molar-refractivity contribution in [1.29, 1.82) is 0 Å². The molecule has 0 unspecified atom stereocenters. The van der Waals surface area contributed by atoms with E-state index in [1.165, 1.54) is 0 Å². The summed E-state index contributed by atoms with van der Waals surface area (Å²) in [6.45, 7) is -3.83. The first kappa shape index (κ1) is 16.4. The lowest BCUT2D eigenvalue weighted by Crippen LogP contribution is -2.59. The van der Waals surface area contributed by atoms with Crippen LogP contribution in [-0.2, 0) is 4.74 Å². The molecule has 10 heteroatoms. The number of alkyl halides is 8. The van der Waals surface area contributed by atoms with Gasteiger partial charge in [0.15, 0.2) is 0 Å². The molecule has 0 heterocycles. The first-order valence-electron chi connectivity index (χ1n) is 4.11. The lowest BCUT2D eigenvalue weighted by atomic mass is 10.1. The highest BCUT2D eigenvalue weighted by molar-refractivity contribution is 4.97. The fourth-order valence-corrected chi connectivity index (χ4v) is 0.736. The fourth-order valence-electron chi connectivity index (χ4n) is 0.736. The number of hydrogen-bond donors (Lipinski definition) is 1. The number of halogens is 8. The Labute approximate surface area is 90.2 Å². The van der Waals surface area contributed by atoms with E-state index in [9.17, 15) is 35.1 Å². The Morgan fingerprint density at radius 2 is 1.47 bits per heavy atom. The molecule has 0 rings (SSSR count). The van der Waals surface area contributed by atoms with Crippen LogP contribution in [0, 0.1) is 0 Å². The van der Waals surface area contributed by atoms with Crippen LogP contribution in [0.5, 0.6) is 0 Å². The average molecular weight is 276 g/mol. The molecular formula is C7H8F8O2. The van der Waals surface area contributed by atoms with Gasteiger partial charge in [0.1, 0.15) is 6.61 Å². The highest BCUT2D eigenvalue weighted by atomic mass is 19.4. The highest BCUT2D eigenvalue weighted by Crippen LogP contribution is 2.48. The molecule has 0 fully saturated rings. The zero-order chi connectivity index (χ0) is 13.9. The molecule has 17 heavy (non-hydrogen) atoms. The Balaban J connectivity index is 4.88. The van der Waals surface area contributed by atoms with Gasteiger partial charge in [0, 0.05) is 0 Å². The third-order valence-electron chi connectivity index (χ3n) is 1.67. The predicted molar refractivity (Wildman–Crippen MR) is 38.7 cm³/mol. The van der Waals surface area contributed by atoms with E-state index in [-0.39, 0.29) is 0 Å². The smallest absolute Gasteiger partial charge is 0.380 e. The average Bonchev–Trinajstić information content (AvgIpc) is 2.17. The van der Waals surface area contributed by atoms with E-state index in [0.29, 0.717) is 0 Å². The van der Waals surface area contributed by atoms with Crippen LogP contribution in [0.15, 0.2) is 0 Å². The molecule has 0 aliphatic carbocycles. The molecule has 104 valence electrons. The lowest BCUT2D eigenvalue weighted by molar-refractivity contribution is -0.346. The number of aliphatic hydroxyl groups is 1. The van der Waals surface area contributed by atoms with Crippen molar-refractivity contribution in [3.05, 3.63) is 0 Å². The summed E-state index contributed by atoms with van der Waals surface area (Å²) in [6.07, 6.45) is -4.94. The molecule has 0 saturated carbocycles. The fraction of sp³-hybridized carbons (Fsp3) is 1.00. The van der Waals surface area contributed by atoms with Crippen molar-refractivity contribution in [2.75, 3.05) is 19.8 Å². The molecule has 0 radical (unpaired) electrons. The second-order valence-electron chi connectivity index (χ2n) is 2.98. The minimum atomic E-state index is -6.26. The SMILES string of the molecule is OCCOCC(F)(F)C(F)(F)C(F)(F)C(F)F. The normalized spacial score (nSPS) is 14.5. The van der Waals surface area contributed by atoms with Gasteiger partial charge in [-0.25, -0.2) is 8.78 Å². The van der Waals surface area contributed by atoms with Crippen molar-refractivity contribution in [3.63, 3.8) is 0 Å². The van der Waals surface area contributed by atoms with Crippen LogP contribution in [0.3, 0.4) is 0 Å². The number of ether oxygens (including phenoxy) is 1. The maximum atomic E-state index is 12.6. The van der Waals surface area contributed by atoms with Gasteiger partial charge >= 0.3 is 24.2 Å². The Hall–Kier alpha value is -0.640. The van der Waals surface area contributed by atoms with E-state index in [1.54, 1.807) is 0 Å². The molecule has 0 aliphatic heterocycles. The van der Waals surface area contributed by atoms with Gasteiger partial charge in [-0.2, -0.15) is 26.3 Å². The van der Waals surface area contributed by atoms with Gasteiger partial charge in [-0.1, -0.05) is 0 Å². The molecule has 0 aromatic carbocycles. The quantitative estimate of drug-likeness (QED) is 0.570. The van der Waals surface area contributed by atoms with Crippen LogP contribution in [-0.4, -0.2) is 49.1 Å². The van der Waals surface area contributed by atoms with Crippen LogP contribution in [0.1, 0.15) is 0 Å². The second-order valence-corrected chi connectivity index (χ2v) is 2.98. The number of rotatable bonds is 7. The van der Waals surface area contributed by atoms with Crippen molar-refractivity contribution in [2.24, 2.45) is 0 Å². The molecule has 0 atom stereocenters. The number of hydrogen-bond acceptors (Lipinski definition) is 2. The minimum absolute atomic E-state index is 0.813. The Morgan fingerprint density at radius 1 is 1.00 bits per heavy atom. The molecule has 0 amide bonds. The second kappa shape index (κ2) is 5.34. The summed E-state index contributed by atoms with van der Waals surface area (Å²) >= 11 is 0. The van der Waals surface area contributed by atoms with Crippen LogP contribution in [0.2, 0.25) is 0 Å². The highest BCUT2D eigenvalue weighted by Gasteiger charge is 2.75. The van der Waals surface area contributed by atoms with Gasteiger partial charge in [-0.3, -0.25) is 0 Å². The molecule has 0 aliphatic rings. The first-order valence-corrected chi connectivity index (χ1v) is 4.11. The van der Waals surface area contributed by atoms with Gasteiger partial charge in [0.2, 0.25) is 0 Å². The van der Waals surface area contributed by atoms with E-state index in [1.807, 2.05) is 0 Å². The van der Waals surface area contributed by atoms with Gasteiger partial charge in [0.25, 0.3) is 0 Å². The molecular weight excluding hydrogens is 268 g/mol. The van der Waals surface area contributed by atoms with Gasteiger partial charge in [-0.05, 0) is 0 Å². The molecule has 0 aromatic rings. The Kier molecular flexibility index (Phi) is 5.14. The molecule has 0 saturated heterocycles. The Bertz CT molecular complexity index is 242. The molecule has 2 nitrogen and oxygen atoms in total. The van der Waals surface area contributed by atoms with Crippen molar-refractivity contribution in [2.45, 2.75) is 24.2 Å². The minimum Gasteiger partial charge on any atom is -0.394 e. The molecule has 1 N–H and O–H groups in total. The third-order valence-corrected chi connectivity index (χ3v) is 1.67. The van der Waals surface area contributed by atoms with Crippen molar-refractivity contribution in [1.82, 2.24) is 0 Å². The summed E-state index contributed by atoms with van der Waals surface area (Å²) in [4.78, 5) is 0. The van der Waals surface area contributed by atoms with E-state index >= 15 is 0 Å². The van der Waals surface area contributed by atoms with Crippen LogP contribution >= 0.6 is 0 Å². The zero-order valence-corrected chi connectivity index (χ0v) is 8.08. The van der Waals surface area contributed by atoms with Crippen LogP contribution < -0.4 is 0 Å². The topological polar surface area (TPSA) is 29.5 Å². The van der Waals surface area contributed by atoms with E-state index < -0.39 is 44.0 Å². The predicted octanol–water partition coefficient (Wildman–Crippen LogP) is 2.17. The monoisotopic (exact) mass is 276 g/mol. The summed E-state index contributed by atoms with van der Waals surface area (Å²) in [5.74, 6) is -17.9. The molecule has 0 aromatic heterocycles. The van der Waals surface area contributed by atoms with Crippen LogP contribution in [0.4, 0.5) is 35.1 Å². The van der Waals surface area contributed by atoms with Gasteiger partial charge in [-0.15, -0.1) is 0 Å². The number of aliphatic hydroxyl groups excluding tert-OH is 1. The standard InChI is InChI=1S/C7H8F8O2/c8-4(9)6(12,13)7(14,15)5(10,11)3-17-2-1-16/h4,16H,1-3H2. The summed E-state index contributed by atoms with van der Waals surface area (Å²) in [5, 5.41) is 8.09. The maximum absolute atomic E-state index is 12.6. The van der Waals surface area contributed by atoms with E-state index in [4.69, 9.17) is 5.11 Å². The Morgan fingerprint density at radius 3 is 1.82 bits per heavy atom. The zero-order valence-electron chi connectivity index (χ0n) is 8.08. The van der Waals surface area contributed by atoms with E-state index in [2.05, 4.69) is 4.74 Å². The summed E-state index contributed by atoms with van der Waals surface area (Å²) in [6, 6.07) is 0. The van der Waals surface area contributed by atoms with Crippen LogP contribution in [0.25, 0.3) is 0 Å². The van der Waals surface area contributed by atoms with E-state index in [0.717, 1.165) is 0 Å². The van der Waals surface area contributed by atoms with Crippen molar-refractivity contribution < 1.29 is 45.0 Å². The molecule has 0 bridgehead atoms. The third kappa shape index (κ3) is 3.18. The van der Waals surface area contributed by atoms with Gasteiger partial charge < -0.3 is 9.84 Å². The summed E-state index contributed by atoms with van der Waals surface area (Å²) < 4.78 is 102. The summed E-state index contributed by atoms with van der Waals surface area (Å²) in [7, 11) is 0. The summed E-state index contributed by atoms with van der Waals surface area (Å²) in [5.41, 5.74) is 0. The first-order chi connectivity index (χ1) is 7.50. The van der Waals surface area contributed by atoms with Crippen molar-refractivity contribution >= 4 is 0 Å². The van der Waals surface area contributed by atoms with Crippen molar-refractivity contribution in [3.8, 4) is 0 Å². The largest absolute Gasteiger partial charge is 0.394 e.